The number of hydrogen-bond acceptors (Lipinski definition) is 8. The fourth-order valence-electron chi connectivity index (χ4n) is 5.09. The van der Waals surface area contributed by atoms with Crippen molar-refractivity contribution in [2.24, 2.45) is 5.92 Å². The Morgan fingerprint density at radius 3 is 2.80 bits per heavy atom. The molecule has 2 bridgehead atoms. The number of amides is 3. The van der Waals surface area contributed by atoms with E-state index in [4.69, 9.17) is 16.3 Å². The van der Waals surface area contributed by atoms with Gasteiger partial charge in [-0.2, -0.15) is 0 Å². The quantitative estimate of drug-likeness (QED) is 0.210. The second-order valence-corrected chi connectivity index (χ2v) is 11.6. The number of anilines is 2. The van der Waals surface area contributed by atoms with Crippen molar-refractivity contribution < 1.29 is 28.6 Å². The molecule has 0 radical (unpaired) electrons. The summed E-state index contributed by atoms with van der Waals surface area (Å²) in [5, 5.41) is 25.9. The van der Waals surface area contributed by atoms with Gasteiger partial charge in [-0.25, -0.2) is 13.9 Å². The van der Waals surface area contributed by atoms with Gasteiger partial charge < -0.3 is 20.5 Å². The van der Waals surface area contributed by atoms with Crippen molar-refractivity contribution in [1.82, 2.24) is 25.3 Å². The molecule has 1 aliphatic rings. The number of carbonyl (C=O) groups excluding carboxylic acids is 3. The maximum absolute atomic E-state index is 14.7. The zero-order valence-electron chi connectivity index (χ0n) is 25.4. The van der Waals surface area contributed by atoms with Crippen LogP contribution in [0, 0.1) is 18.7 Å². The molecule has 3 amide bonds. The third-order valence-electron chi connectivity index (χ3n) is 7.58. The summed E-state index contributed by atoms with van der Waals surface area (Å²) in [5.74, 6) is -1.76. The monoisotopic (exact) mass is 649 g/mol. The maximum Gasteiger partial charge on any atom is 0.411 e. The summed E-state index contributed by atoms with van der Waals surface area (Å²) in [6.45, 7) is 4.77. The van der Waals surface area contributed by atoms with Crippen LogP contribution in [0.4, 0.5) is 20.6 Å². The Morgan fingerprint density at radius 2 is 2.02 bits per heavy atom. The number of aliphatic hydroxyl groups excluding tert-OH is 1. The van der Waals surface area contributed by atoms with Gasteiger partial charge in [0.1, 0.15) is 12.3 Å². The number of hydrogen-bond donors (Lipinski definition) is 4. The number of fused-ring (bicyclic) bond motifs is 4. The van der Waals surface area contributed by atoms with Crippen molar-refractivity contribution in [2.75, 3.05) is 17.2 Å². The fraction of sp³-hybridized carbons (Fsp3) is 0.312. The molecule has 1 aliphatic heterocycles. The van der Waals surface area contributed by atoms with Gasteiger partial charge in [-0.15, -0.1) is 5.10 Å². The molecule has 2 aromatic heterocycles. The molecule has 3 unspecified atom stereocenters. The molecule has 0 spiro atoms. The summed E-state index contributed by atoms with van der Waals surface area (Å²) in [6, 6.07) is 12.6. The topological polar surface area (TPSA) is 160 Å². The molecule has 4 N–H and O–H groups in total. The normalized spacial score (nSPS) is 17.0. The van der Waals surface area contributed by atoms with Crippen LogP contribution in [0.3, 0.4) is 0 Å². The first-order valence-electron chi connectivity index (χ1n) is 14.7. The lowest BCUT2D eigenvalue weighted by Crippen LogP contribution is -2.30. The molecule has 46 heavy (non-hydrogen) atoms. The summed E-state index contributed by atoms with van der Waals surface area (Å²) in [6.07, 6.45) is 1.67. The highest BCUT2D eigenvalue weighted by Gasteiger charge is 2.25. The third kappa shape index (κ3) is 7.32. The SMILES string of the molecule is Cc1c(C(=O)NC2CCCC(C)C(=O)Nc3cc(NC(=O)OCC(C)O)ccc3-c3ccnc2c3)nnn1-c1cccc(Cl)c1F. The number of rotatable bonds is 6. The number of nitrogens with one attached hydrogen (secondary N) is 3. The van der Waals surface area contributed by atoms with Gasteiger partial charge in [-0.1, -0.05) is 42.3 Å². The van der Waals surface area contributed by atoms with Gasteiger partial charge in [0, 0.05) is 23.4 Å². The molecule has 5 rings (SSSR count). The highest BCUT2D eigenvalue weighted by atomic mass is 35.5. The Bertz CT molecular complexity index is 1780. The van der Waals surface area contributed by atoms with E-state index in [0.29, 0.717) is 47.6 Å². The molecular formula is C32H33ClFN7O5. The Morgan fingerprint density at radius 1 is 1.22 bits per heavy atom. The molecule has 240 valence electrons. The average Bonchev–Trinajstić information content (AvgIpc) is 3.41. The summed E-state index contributed by atoms with van der Waals surface area (Å²) in [5.41, 5.74) is 3.23. The summed E-state index contributed by atoms with van der Waals surface area (Å²) in [4.78, 5) is 43.5. The predicted molar refractivity (Wildman–Crippen MR) is 169 cm³/mol. The first-order chi connectivity index (χ1) is 22.0. The predicted octanol–water partition coefficient (Wildman–Crippen LogP) is 5.59. The fourth-order valence-corrected chi connectivity index (χ4v) is 5.26. The summed E-state index contributed by atoms with van der Waals surface area (Å²) in [7, 11) is 0. The van der Waals surface area contributed by atoms with Gasteiger partial charge in [0.15, 0.2) is 11.5 Å². The van der Waals surface area contributed by atoms with E-state index in [9.17, 15) is 23.9 Å². The number of benzene rings is 2. The molecule has 14 heteroatoms. The average molecular weight is 650 g/mol. The van der Waals surface area contributed by atoms with Gasteiger partial charge in [0.25, 0.3) is 5.91 Å². The number of aliphatic hydroxyl groups is 1. The van der Waals surface area contributed by atoms with Gasteiger partial charge in [0.2, 0.25) is 5.91 Å². The zero-order valence-corrected chi connectivity index (χ0v) is 26.1. The maximum atomic E-state index is 14.7. The van der Waals surface area contributed by atoms with E-state index in [1.165, 1.54) is 23.7 Å². The molecular weight excluding hydrogens is 617 g/mol. The Kier molecular flexibility index (Phi) is 9.93. The van der Waals surface area contributed by atoms with Crippen molar-refractivity contribution in [3.63, 3.8) is 0 Å². The van der Waals surface area contributed by atoms with Gasteiger partial charge in [-0.05, 0) is 68.7 Å². The van der Waals surface area contributed by atoms with Crippen LogP contribution in [-0.4, -0.2) is 55.7 Å². The lowest BCUT2D eigenvalue weighted by Gasteiger charge is -2.22. The molecule has 3 heterocycles. The number of aromatic nitrogens is 4. The van der Waals surface area contributed by atoms with Crippen LogP contribution in [0.1, 0.15) is 61.0 Å². The van der Waals surface area contributed by atoms with Gasteiger partial charge in [-0.3, -0.25) is 19.9 Å². The van der Waals surface area contributed by atoms with Crippen LogP contribution in [0.25, 0.3) is 16.8 Å². The Balaban J connectivity index is 1.44. The van der Waals surface area contributed by atoms with E-state index in [2.05, 4.69) is 31.2 Å². The van der Waals surface area contributed by atoms with Crippen LogP contribution in [0.2, 0.25) is 5.02 Å². The van der Waals surface area contributed by atoms with Crippen molar-refractivity contribution in [3.05, 3.63) is 82.6 Å². The smallest absolute Gasteiger partial charge is 0.411 e. The molecule has 0 saturated heterocycles. The van der Waals surface area contributed by atoms with Gasteiger partial charge in [0.05, 0.1) is 34.2 Å². The molecule has 4 aromatic rings. The second-order valence-electron chi connectivity index (χ2n) is 11.2. The van der Waals surface area contributed by atoms with Crippen LogP contribution in [0.5, 0.6) is 0 Å². The zero-order chi connectivity index (χ0) is 33.0. The largest absolute Gasteiger partial charge is 0.447 e. The molecule has 0 aliphatic carbocycles. The number of ether oxygens (including phenoxy) is 1. The highest BCUT2D eigenvalue weighted by molar-refractivity contribution is 6.30. The van der Waals surface area contributed by atoms with Crippen LogP contribution >= 0.6 is 11.6 Å². The first kappa shape index (κ1) is 32.5. The first-order valence-corrected chi connectivity index (χ1v) is 15.1. The Labute approximate surface area is 269 Å². The minimum atomic E-state index is -0.811. The van der Waals surface area contributed by atoms with E-state index in [0.717, 1.165) is 5.56 Å². The number of carbonyl (C=O) groups is 3. The molecule has 0 saturated carbocycles. The van der Waals surface area contributed by atoms with Crippen molar-refractivity contribution >= 4 is 40.9 Å². The molecule has 2 aromatic carbocycles. The molecule has 0 fully saturated rings. The van der Waals surface area contributed by atoms with Crippen molar-refractivity contribution in [2.45, 2.75) is 52.2 Å². The lowest BCUT2D eigenvalue weighted by molar-refractivity contribution is -0.119. The molecule has 3 atom stereocenters. The minimum absolute atomic E-state index is 0.0201. The van der Waals surface area contributed by atoms with Crippen molar-refractivity contribution in [3.8, 4) is 16.8 Å². The molecule has 12 nitrogen and oxygen atoms in total. The van der Waals surface area contributed by atoms with E-state index in [1.54, 1.807) is 43.5 Å². The number of halogens is 2. The Hall–Kier alpha value is -4.88. The van der Waals surface area contributed by atoms with E-state index >= 15 is 0 Å². The van der Waals surface area contributed by atoms with E-state index in [-0.39, 0.29) is 34.8 Å². The summed E-state index contributed by atoms with van der Waals surface area (Å²) >= 11 is 5.94. The van der Waals surface area contributed by atoms with Crippen molar-refractivity contribution in [1.29, 1.82) is 0 Å². The van der Waals surface area contributed by atoms with E-state index < -0.39 is 30.0 Å². The second kappa shape index (κ2) is 14.0. The van der Waals surface area contributed by atoms with Crippen LogP contribution in [0.15, 0.2) is 54.7 Å². The van der Waals surface area contributed by atoms with Gasteiger partial charge >= 0.3 is 6.09 Å². The summed E-state index contributed by atoms with van der Waals surface area (Å²) < 4.78 is 20.9. The van der Waals surface area contributed by atoms with Crippen LogP contribution < -0.4 is 16.0 Å². The number of pyridine rings is 1. The van der Waals surface area contributed by atoms with E-state index in [1.807, 2.05) is 13.0 Å². The highest BCUT2D eigenvalue weighted by Crippen LogP contribution is 2.34. The van der Waals surface area contributed by atoms with Crippen LogP contribution in [-0.2, 0) is 9.53 Å². The minimum Gasteiger partial charge on any atom is -0.447 e. The lowest BCUT2D eigenvalue weighted by atomic mass is 9.95. The third-order valence-corrected chi connectivity index (χ3v) is 7.87. The standard InChI is InChI=1S/C32H33ClFN7O5/c1-17-6-4-8-24(37-31(44)29-19(3)41(40-39-29)27-9-5-7-23(33)28(27)34)26-14-20(12-13-35-26)22-11-10-21(15-25(22)38-30(17)43)36-32(45)46-16-18(2)42/h5,7,9-15,17-18,24,42H,4,6,8,16H2,1-3H3,(H,36,45)(H,37,44)(H,38,43). The number of nitrogens with zero attached hydrogens (tertiary/aromatic N) is 4.